The fourth-order valence-corrected chi connectivity index (χ4v) is 2.85. The van der Waals surface area contributed by atoms with Crippen molar-refractivity contribution >= 4 is 45.7 Å². The summed E-state index contributed by atoms with van der Waals surface area (Å²) in [5.74, 6) is 1.42. The summed E-state index contributed by atoms with van der Waals surface area (Å²) in [5, 5.41) is 1.15. The second-order valence-corrected chi connectivity index (χ2v) is 4.83. The van der Waals surface area contributed by atoms with E-state index in [2.05, 4.69) is 18.7 Å². The van der Waals surface area contributed by atoms with Crippen LogP contribution in [0, 0.1) is 0 Å². The van der Waals surface area contributed by atoms with E-state index in [0.717, 1.165) is 25.6 Å². The maximum absolute atomic E-state index is 5.78. The highest BCUT2D eigenvalue weighted by Crippen LogP contribution is 2.36. The van der Waals surface area contributed by atoms with E-state index in [1.807, 2.05) is 12.1 Å². The van der Waals surface area contributed by atoms with Crippen molar-refractivity contribution in [3.05, 3.63) is 23.1 Å². The lowest BCUT2D eigenvalue weighted by Gasteiger charge is -2.01. The molecule has 0 aliphatic rings. The Morgan fingerprint density at radius 2 is 2.21 bits per heavy atom. The molecule has 0 spiro atoms. The highest BCUT2D eigenvalue weighted by atomic mass is 35.5. The normalized spacial score (nSPS) is 10.8. The molecule has 0 saturated carbocycles. The standard InChI is InChI=1S/C10H9ClOS2/c1-12-9-4-7(13)2-6-3-8(5-11)14-10(6)9/h2-4,13H,5H2,1H3. The van der Waals surface area contributed by atoms with E-state index < -0.39 is 0 Å². The van der Waals surface area contributed by atoms with Crippen molar-refractivity contribution in [3.63, 3.8) is 0 Å². The summed E-state index contributed by atoms with van der Waals surface area (Å²) in [7, 11) is 1.67. The molecule has 1 aromatic carbocycles. The first kappa shape index (κ1) is 10.1. The van der Waals surface area contributed by atoms with Crippen molar-refractivity contribution in [3.8, 4) is 5.75 Å². The molecule has 1 nitrogen and oxygen atoms in total. The molecule has 4 heteroatoms. The molecule has 14 heavy (non-hydrogen) atoms. The number of benzene rings is 1. The fraction of sp³-hybridized carbons (Fsp3) is 0.200. The molecular formula is C10H9ClOS2. The van der Waals surface area contributed by atoms with Gasteiger partial charge >= 0.3 is 0 Å². The van der Waals surface area contributed by atoms with Crippen LogP contribution >= 0.6 is 35.6 Å². The first-order valence-corrected chi connectivity index (χ1v) is 5.90. The number of hydrogen-bond donors (Lipinski definition) is 1. The molecule has 1 heterocycles. The molecule has 2 rings (SSSR count). The Morgan fingerprint density at radius 1 is 1.43 bits per heavy atom. The molecule has 0 atom stereocenters. The third-order valence-electron chi connectivity index (χ3n) is 1.97. The molecule has 0 saturated heterocycles. The van der Waals surface area contributed by atoms with Crippen LogP contribution in [-0.4, -0.2) is 7.11 Å². The zero-order chi connectivity index (χ0) is 10.1. The van der Waals surface area contributed by atoms with Crippen LogP contribution in [0.5, 0.6) is 5.75 Å². The van der Waals surface area contributed by atoms with Crippen molar-refractivity contribution in [1.82, 2.24) is 0 Å². The average Bonchev–Trinajstić information content (AvgIpc) is 2.59. The van der Waals surface area contributed by atoms with Gasteiger partial charge in [0, 0.05) is 9.77 Å². The minimum atomic E-state index is 0.546. The number of thiol groups is 1. The maximum atomic E-state index is 5.78. The van der Waals surface area contributed by atoms with Crippen molar-refractivity contribution < 1.29 is 4.74 Å². The minimum absolute atomic E-state index is 0.546. The van der Waals surface area contributed by atoms with Crippen molar-refractivity contribution in [2.24, 2.45) is 0 Å². The molecular weight excluding hydrogens is 236 g/mol. The van der Waals surface area contributed by atoms with E-state index in [-0.39, 0.29) is 0 Å². The third-order valence-corrected chi connectivity index (χ3v) is 3.84. The summed E-state index contributed by atoms with van der Waals surface area (Å²) in [4.78, 5) is 2.06. The molecule has 0 aliphatic carbocycles. The largest absolute Gasteiger partial charge is 0.495 e. The summed E-state index contributed by atoms with van der Waals surface area (Å²) < 4.78 is 6.42. The predicted octanol–water partition coefficient (Wildman–Crippen LogP) is 3.94. The van der Waals surface area contributed by atoms with Crippen LogP contribution in [0.15, 0.2) is 23.1 Å². The van der Waals surface area contributed by atoms with Gasteiger partial charge in [-0.2, -0.15) is 0 Å². The van der Waals surface area contributed by atoms with Gasteiger partial charge in [-0.05, 0) is 23.6 Å². The Bertz CT molecular complexity index is 464. The summed E-state index contributed by atoms with van der Waals surface area (Å²) in [6.07, 6.45) is 0. The van der Waals surface area contributed by atoms with Crippen LogP contribution in [0.25, 0.3) is 10.1 Å². The number of halogens is 1. The van der Waals surface area contributed by atoms with Gasteiger partial charge in [0.2, 0.25) is 0 Å². The summed E-state index contributed by atoms with van der Waals surface area (Å²) >= 11 is 11.8. The summed E-state index contributed by atoms with van der Waals surface area (Å²) in [6, 6.07) is 6.02. The van der Waals surface area contributed by atoms with Gasteiger partial charge in [-0.15, -0.1) is 35.6 Å². The van der Waals surface area contributed by atoms with Gasteiger partial charge in [0.15, 0.2) is 0 Å². The summed E-state index contributed by atoms with van der Waals surface area (Å²) in [6.45, 7) is 0. The first-order valence-electron chi connectivity index (χ1n) is 4.10. The number of hydrogen-bond acceptors (Lipinski definition) is 3. The average molecular weight is 245 g/mol. The van der Waals surface area contributed by atoms with E-state index in [4.69, 9.17) is 16.3 Å². The van der Waals surface area contributed by atoms with Crippen LogP contribution in [0.4, 0.5) is 0 Å². The van der Waals surface area contributed by atoms with Gasteiger partial charge in [-0.1, -0.05) is 0 Å². The molecule has 0 fully saturated rings. The van der Waals surface area contributed by atoms with Gasteiger partial charge in [0.1, 0.15) is 5.75 Å². The second-order valence-electron chi connectivity index (χ2n) is 2.91. The third kappa shape index (κ3) is 1.72. The van der Waals surface area contributed by atoms with Gasteiger partial charge in [0.25, 0.3) is 0 Å². The van der Waals surface area contributed by atoms with E-state index in [0.29, 0.717) is 5.88 Å². The SMILES string of the molecule is COc1cc(S)cc2cc(CCl)sc12. The number of ether oxygens (including phenoxy) is 1. The Kier molecular flexibility index (Phi) is 2.91. The Hall–Kier alpha value is -0.380. The zero-order valence-electron chi connectivity index (χ0n) is 7.58. The highest BCUT2D eigenvalue weighted by molar-refractivity contribution is 7.80. The lowest BCUT2D eigenvalue weighted by molar-refractivity contribution is 0.419. The number of methoxy groups -OCH3 is 1. The number of rotatable bonds is 2. The predicted molar refractivity (Wildman–Crippen MR) is 65.2 cm³/mol. The number of thiophene rings is 1. The molecule has 74 valence electrons. The van der Waals surface area contributed by atoms with Gasteiger partial charge in [0.05, 0.1) is 17.7 Å². The van der Waals surface area contributed by atoms with E-state index >= 15 is 0 Å². The molecule has 0 aliphatic heterocycles. The number of fused-ring (bicyclic) bond motifs is 1. The molecule has 0 bridgehead atoms. The maximum Gasteiger partial charge on any atom is 0.137 e. The lowest BCUT2D eigenvalue weighted by Crippen LogP contribution is -1.82. The van der Waals surface area contributed by atoms with E-state index in [1.54, 1.807) is 18.4 Å². The van der Waals surface area contributed by atoms with Gasteiger partial charge < -0.3 is 4.74 Å². The first-order chi connectivity index (χ1) is 6.74. The van der Waals surface area contributed by atoms with Crippen LogP contribution in [0.1, 0.15) is 4.88 Å². The molecule has 2 aromatic rings. The Balaban J connectivity index is 2.71. The molecule has 1 aromatic heterocycles. The number of alkyl halides is 1. The van der Waals surface area contributed by atoms with E-state index in [1.165, 1.54) is 0 Å². The minimum Gasteiger partial charge on any atom is -0.495 e. The molecule has 0 amide bonds. The molecule has 0 unspecified atom stereocenters. The Labute approximate surface area is 97.1 Å². The lowest BCUT2D eigenvalue weighted by atomic mass is 10.2. The summed E-state index contributed by atoms with van der Waals surface area (Å²) in [5.41, 5.74) is 0. The van der Waals surface area contributed by atoms with Crippen molar-refractivity contribution in [1.29, 1.82) is 0 Å². The monoisotopic (exact) mass is 244 g/mol. The van der Waals surface area contributed by atoms with Crippen LogP contribution < -0.4 is 4.74 Å². The van der Waals surface area contributed by atoms with Crippen molar-refractivity contribution in [2.45, 2.75) is 10.8 Å². The smallest absolute Gasteiger partial charge is 0.137 e. The zero-order valence-corrected chi connectivity index (χ0v) is 10.0. The van der Waals surface area contributed by atoms with Crippen LogP contribution in [0.2, 0.25) is 0 Å². The second kappa shape index (κ2) is 4.01. The molecule has 0 N–H and O–H groups in total. The van der Waals surface area contributed by atoms with Gasteiger partial charge in [-0.25, -0.2) is 0 Å². The van der Waals surface area contributed by atoms with E-state index in [9.17, 15) is 0 Å². The molecule has 0 radical (unpaired) electrons. The fourth-order valence-electron chi connectivity index (χ4n) is 1.38. The van der Waals surface area contributed by atoms with Crippen LogP contribution in [0.3, 0.4) is 0 Å². The quantitative estimate of drug-likeness (QED) is 0.622. The Morgan fingerprint density at radius 3 is 2.86 bits per heavy atom. The van der Waals surface area contributed by atoms with Crippen LogP contribution in [-0.2, 0) is 5.88 Å². The van der Waals surface area contributed by atoms with Crippen molar-refractivity contribution in [2.75, 3.05) is 7.11 Å². The highest BCUT2D eigenvalue weighted by Gasteiger charge is 2.07. The van der Waals surface area contributed by atoms with Gasteiger partial charge in [-0.3, -0.25) is 0 Å². The topological polar surface area (TPSA) is 9.23 Å².